The predicted molar refractivity (Wildman–Crippen MR) is 86.7 cm³/mol. The van der Waals surface area contributed by atoms with Crippen LogP contribution in [0.1, 0.15) is 29.2 Å². The van der Waals surface area contributed by atoms with Gasteiger partial charge in [-0.1, -0.05) is 37.3 Å². The van der Waals surface area contributed by atoms with E-state index in [9.17, 15) is 9.90 Å². The maximum Gasteiger partial charge on any atom is 0.309 e. The summed E-state index contributed by atoms with van der Waals surface area (Å²) in [6, 6.07) is 13.1. The number of aromatic hydroxyl groups is 1. The monoisotopic (exact) mass is 298 g/mol. The van der Waals surface area contributed by atoms with E-state index in [0.29, 0.717) is 13.0 Å². The summed E-state index contributed by atoms with van der Waals surface area (Å²) in [4.78, 5) is 12.1. The van der Waals surface area contributed by atoms with Crippen molar-refractivity contribution in [2.75, 3.05) is 0 Å². The minimum Gasteiger partial charge on any atom is -0.508 e. The van der Waals surface area contributed by atoms with Gasteiger partial charge in [-0.2, -0.15) is 0 Å². The smallest absolute Gasteiger partial charge is 0.309 e. The molecule has 0 saturated carbocycles. The van der Waals surface area contributed by atoms with E-state index < -0.39 is 0 Å². The number of phenols is 1. The Morgan fingerprint density at radius 3 is 2.32 bits per heavy atom. The second-order valence-corrected chi connectivity index (χ2v) is 5.76. The van der Waals surface area contributed by atoms with Crippen LogP contribution in [-0.2, 0) is 22.6 Å². The first kappa shape index (κ1) is 16.1. The highest BCUT2D eigenvalue weighted by atomic mass is 16.5. The van der Waals surface area contributed by atoms with Gasteiger partial charge >= 0.3 is 5.97 Å². The van der Waals surface area contributed by atoms with E-state index in [-0.39, 0.29) is 17.6 Å². The third kappa shape index (κ3) is 4.10. The zero-order valence-corrected chi connectivity index (χ0v) is 13.3. The Morgan fingerprint density at radius 2 is 1.73 bits per heavy atom. The predicted octanol–water partition coefficient (Wildman–Crippen LogP) is 3.93. The summed E-state index contributed by atoms with van der Waals surface area (Å²) in [5.74, 6) is -0.153. The summed E-state index contributed by atoms with van der Waals surface area (Å²) in [6.45, 7) is 6.07. The Morgan fingerprint density at radius 1 is 1.14 bits per heavy atom. The van der Waals surface area contributed by atoms with E-state index in [1.165, 1.54) is 0 Å². The van der Waals surface area contributed by atoms with Gasteiger partial charge in [-0.05, 0) is 54.7 Å². The van der Waals surface area contributed by atoms with Crippen LogP contribution in [0, 0.1) is 19.8 Å². The highest BCUT2D eigenvalue weighted by molar-refractivity contribution is 5.72. The van der Waals surface area contributed by atoms with Gasteiger partial charge in [-0.15, -0.1) is 0 Å². The molecular weight excluding hydrogens is 276 g/mol. The Labute approximate surface area is 131 Å². The van der Waals surface area contributed by atoms with Crippen LogP contribution in [0.5, 0.6) is 5.75 Å². The first-order valence-corrected chi connectivity index (χ1v) is 7.47. The van der Waals surface area contributed by atoms with Gasteiger partial charge in [0.05, 0.1) is 5.92 Å². The lowest BCUT2D eigenvalue weighted by atomic mass is 9.93. The average Bonchev–Trinajstić information content (AvgIpc) is 2.49. The summed E-state index contributed by atoms with van der Waals surface area (Å²) in [7, 11) is 0. The van der Waals surface area contributed by atoms with Gasteiger partial charge in [-0.25, -0.2) is 0 Å². The highest BCUT2D eigenvalue weighted by Gasteiger charge is 2.17. The fraction of sp³-hybridized carbons (Fsp3) is 0.316. The molecule has 0 bridgehead atoms. The van der Waals surface area contributed by atoms with Gasteiger partial charge in [0.1, 0.15) is 12.4 Å². The van der Waals surface area contributed by atoms with Crippen LogP contribution in [0.3, 0.4) is 0 Å². The SMILES string of the molecule is Cc1cc(O)cc(C)c1CC(C)C(=O)OCc1ccccc1. The molecule has 0 radical (unpaired) electrons. The molecule has 0 saturated heterocycles. The summed E-state index contributed by atoms with van der Waals surface area (Å²) >= 11 is 0. The number of rotatable bonds is 5. The molecule has 0 amide bonds. The molecular formula is C19H22O3. The average molecular weight is 298 g/mol. The molecule has 0 aromatic heterocycles. The fourth-order valence-corrected chi connectivity index (χ4v) is 2.55. The van der Waals surface area contributed by atoms with Gasteiger partial charge in [0.15, 0.2) is 0 Å². The number of hydrogen-bond donors (Lipinski definition) is 1. The van der Waals surface area contributed by atoms with E-state index >= 15 is 0 Å². The first-order valence-electron chi connectivity index (χ1n) is 7.47. The van der Waals surface area contributed by atoms with Crippen LogP contribution in [0.4, 0.5) is 0 Å². The minimum atomic E-state index is -0.217. The molecule has 0 heterocycles. The molecule has 1 atom stereocenters. The van der Waals surface area contributed by atoms with Gasteiger partial charge in [0, 0.05) is 0 Å². The summed E-state index contributed by atoms with van der Waals surface area (Å²) in [6.07, 6.45) is 0.617. The van der Waals surface area contributed by atoms with Crippen molar-refractivity contribution in [2.45, 2.75) is 33.8 Å². The third-order valence-corrected chi connectivity index (χ3v) is 3.82. The maximum atomic E-state index is 12.1. The maximum absolute atomic E-state index is 12.1. The lowest BCUT2D eigenvalue weighted by Crippen LogP contribution is -2.18. The molecule has 3 nitrogen and oxygen atoms in total. The number of carbonyl (C=O) groups is 1. The normalized spacial score (nSPS) is 12.0. The molecule has 0 fully saturated rings. The van der Waals surface area contributed by atoms with E-state index in [4.69, 9.17) is 4.74 Å². The molecule has 3 heteroatoms. The van der Waals surface area contributed by atoms with Crippen LogP contribution in [0.25, 0.3) is 0 Å². The van der Waals surface area contributed by atoms with Crippen molar-refractivity contribution < 1.29 is 14.6 Å². The molecule has 116 valence electrons. The lowest BCUT2D eigenvalue weighted by molar-refractivity contribution is -0.149. The van der Waals surface area contributed by atoms with Crippen molar-refractivity contribution in [2.24, 2.45) is 5.92 Å². The standard InChI is InChI=1S/C19H22O3/c1-13-9-17(20)10-14(2)18(13)11-15(3)19(21)22-12-16-7-5-4-6-8-16/h4-10,15,20H,11-12H2,1-3H3. The molecule has 2 aromatic rings. The van der Waals surface area contributed by atoms with Gasteiger partial charge in [-0.3, -0.25) is 4.79 Å². The molecule has 1 unspecified atom stereocenters. The van der Waals surface area contributed by atoms with Gasteiger partial charge in [0.2, 0.25) is 0 Å². The Bertz CT molecular complexity index is 624. The number of ether oxygens (including phenoxy) is 1. The summed E-state index contributed by atoms with van der Waals surface area (Å²) < 4.78 is 5.38. The zero-order chi connectivity index (χ0) is 16.1. The zero-order valence-electron chi connectivity index (χ0n) is 13.3. The Balaban J connectivity index is 1.97. The number of esters is 1. The number of benzene rings is 2. The van der Waals surface area contributed by atoms with Crippen molar-refractivity contribution in [1.82, 2.24) is 0 Å². The van der Waals surface area contributed by atoms with E-state index in [1.807, 2.05) is 51.1 Å². The Kier molecular flexibility index (Phi) is 5.21. The van der Waals surface area contributed by atoms with Crippen molar-refractivity contribution >= 4 is 5.97 Å². The van der Waals surface area contributed by atoms with E-state index in [1.54, 1.807) is 12.1 Å². The fourth-order valence-electron chi connectivity index (χ4n) is 2.55. The largest absolute Gasteiger partial charge is 0.508 e. The van der Waals surface area contributed by atoms with Crippen LogP contribution >= 0.6 is 0 Å². The van der Waals surface area contributed by atoms with Gasteiger partial charge < -0.3 is 9.84 Å². The minimum absolute atomic E-state index is 0.198. The quantitative estimate of drug-likeness (QED) is 0.851. The number of phenolic OH excluding ortho intramolecular Hbond substituents is 1. The summed E-state index contributed by atoms with van der Waals surface area (Å²) in [5, 5.41) is 9.58. The Hall–Kier alpha value is -2.29. The molecule has 2 aromatic carbocycles. The van der Waals surface area contributed by atoms with E-state index in [2.05, 4.69) is 0 Å². The second-order valence-electron chi connectivity index (χ2n) is 5.76. The van der Waals surface area contributed by atoms with Crippen LogP contribution in [0.2, 0.25) is 0 Å². The van der Waals surface area contributed by atoms with Crippen molar-refractivity contribution in [1.29, 1.82) is 0 Å². The van der Waals surface area contributed by atoms with Crippen molar-refractivity contribution in [3.8, 4) is 5.75 Å². The van der Waals surface area contributed by atoms with Crippen LogP contribution in [0.15, 0.2) is 42.5 Å². The van der Waals surface area contributed by atoms with Crippen LogP contribution in [-0.4, -0.2) is 11.1 Å². The molecule has 2 rings (SSSR count). The first-order chi connectivity index (χ1) is 10.5. The molecule has 0 aliphatic carbocycles. The highest BCUT2D eigenvalue weighted by Crippen LogP contribution is 2.23. The molecule has 0 aliphatic heterocycles. The van der Waals surface area contributed by atoms with Crippen LogP contribution < -0.4 is 0 Å². The third-order valence-electron chi connectivity index (χ3n) is 3.82. The van der Waals surface area contributed by atoms with E-state index in [0.717, 1.165) is 22.3 Å². The van der Waals surface area contributed by atoms with Gasteiger partial charge in [0.25, 0.3) is 0 Å². The van der Waals surface area contributed by atoms with Crippen molar-refractivity contribution in [3.63, 3.8) is 0 Å². The number of aryl methyl sites for hydroxylation is 2. The van der Waals surface area contributed by atoms with Crippen molar-refractivity contribution in [3.05, 3.63) is 64.7 Å². The summed E-state index contributed by atoms with van der Waals surface area (Å²) in [5.41, 5.74) is 4.09. The molecule has 0 spiro atoms. The number of hydrogen-bond acceptors (Lipinski definition) is 3. The molecule has 0 aliphatic rings. The molecule has 22 heavy (non-hydrogen) atoms. The second kappa shape index (κ2) is 7.12. The molecule has 1 N–H and O–H groups in total. The number of carbonyl (C=O) groups excluding carboxylic acids is 1. The lowest BCUT2D eigenvalue weighted by Gasteiger charge is -2.15. The topological polar surface area (TPSA) is 46.5 Å².